The number of carbonyl (C=O) groups excluding carboxylic acids is 2. The first-order valence-electron chi connectivity index (χ1n) is 12.9. The molecular weight excluding hydrogens is 516 g/mol. The molecule has 1 fully saturated rings. The molecule has 0 saturated carbocycles. The largest absolute Gasteiger partial charge is 0.497 e. The van der Waals surface area contributed by atoms with E-state index in [0.29, 0.717) is 36.7 Å². The predicted molar refractivity (Wildman–Crippen MR) is 150 cm³/mol. The van der Waals surface area contributed by atoms with Crippen molar-refractivity contribution >= 4 is 44.9 Å². The quantitative estimate of drug-likeness (QED) is 0.365. The number of H-pyrrole nitrogens is 1. The summed E-state index contributed by atoms with van der Waals surface area (Å²) in [6.07, 6.45) is 3.77. The molecular formula is C28H28N6O4S. The van der Waals surface area contributed by atoms with Crippen molar-refractivity contribution in [1.82, 2.24) is 19.9 Å². The maximum absolute atomic E-state index is 13.3. The third-order valence-electron chi connectivity index (χ3n) is 7.54. The molecule has 2 aliphatic rings. The minimum Gasteiger partial charge on any atom is -0.497 e. The molecule has 11 heteroatoms. The number of ether oxygens (including phenoxy) is 1. The third-order valence-corrected chi connectivity index (χ3v) is 8.37. The van der Waals surface area contributed by atoms with Gasteiger partial charge in [0.1, 0.15) is 23.6 Å². The number of nitrogens with one attached hydrogen (secondary N) is 2. The molecule has 39 heavy (non-hydrogen) atoms. The van der Waals surface area contributed by atoms with Crippen LogP contribution in [0.25, 0.3) is 10.2 Å². The third kappa shape index (κ3) is 4.85. The highest BCUT2D eigenvalue weighted by atomic mass is 32.1. The fourth-order valence-corrected chi connectivity index (χ4v) is 6.31. The summed E-state index contributed by atoms with van der Waals surface area (Å²) in [6.45, 7) is 3.93. The van der Waals surface area contributed by atoms with Gasteiger partial charge in [-0.3, -0.25) is 9.59 Å². The van der Waals surface area contributed by atoms with Gasteiger partial charge >= 0.3 is 10.9 Å². The molecule has 200 valence electrons. The smallest absolute Gasteiger partial charge is 0.322 e. The number of aromatic amines is 1. The lowest BCUT2D eigenvalue weighted by atomic mass is 10.0. The minimum absolute atomic E-state index is 0.0769. The lowest BCUT2D eigenvalue weighted by molar-refractivity contribution is 0.103. The number of thiazole rings is 1. The predicted octanol–water partition coefficient (Wildman–Crippen LogP) is 3.99. The molecule has 4 heterocycles. The minimum atomic E-state index is -0.211. The lowest BCUT2D eigenvalue weighted by Crippen LogP contribution is -2.49. The number of piperidine rings is 1. The summed E-state index contributed by atoms with van der Waals surface area (Å²) >= 11 is 1.09. The van der Waals surface area contributed by atoms with Crippen molar-refractivity contribution in [3.8, 4) is 5.75 Å². The average molecular weight is 545 g/mol. The number of methoxy groups -OCH3 is 1. The summed E-state index contributed by atoms with van der Waals surface area (Å²) in [5.74, 6) is 1.26. The maximum atomic E-state index is 13.3. The monoisotopic (exact) mass is 544 g/mol. The summed E-state index contributed by atoms with van der Waals surface area (Å²) in [5, 5.41) is 3.06. The molecule has 2 aromatic heterocycles. The van der Waals surface area contributed by atoms with E-state index < -0.39 is 0 Å². The van der Waals surface area contributed by atoms with Crippen LogP contribution in [-0.2, 0) is 6.42 Å². The van der Waals surface area contributed by atoms with Gasteiger partial charge in [0, 0.05) is 43.0 Å². The number of urea groups is 1. The Labute approximate surface area is 228 Å². The number of aryl methyl sites for hydroxylation is 1. The van der Waals surface area contributed by atoms with Gasteiger partial charge < -0.3 is 24.8 Å². The number of carbonyl (C=O) groups is 2. The van der Waals surface area contributed by atoms with E-state index in [4.69, 9.17) is 4.74 Å². The Morgan fingerprint density at radius 2 is 1.90 bits per heavy atom. The molecule has 2 N–H and O–H groups in total. The van der Waals surface area contributed by atoms with Crippen LogP contribution in [0.1, 0.15) is 40.0 Å². The Kier molecular flexibility index (Phi) is 6.51. The molecule has 0 unspecified atom stereocenters. The van der Waals surface area contributed by atoms with Gasteiger partial charge in [0.25, 0.3) is 0 Å². The normalized spacial score (nSPS) is 16.1. The number of hydrogen-bond donors (Lipinski definition) is 2. The number of fused-ring (bicyclic) bond motifs is 2. The Bertz CT molecular complexity index is 1640. The maximum Gasteiger partial charge on any atom is 0.322 e. The molecule has 10 nitrogen and oxygen atoms in total. The number of ketones is 1. The molecule has 2 aromatic carbocycles. The number of nitrogens with zero attached hydrogens (tertiary/aromatic N) is 4. The zero-order valence-electron chi connectivity index (χ0n) is 21.7. The van der Waals surface area contributed by atoms with Crippen LogP contribution in [0.2, 0.25) is 0 Å². The van der Waals surface area contributed by atoms with E-state index in [0.717, 1.165) is 63.4 Å². The van der Waals surface area contributed by atoms with Crippen LogP contribution in [0.3, 0.4) is 0 Å². The van der Waals surface area contributed by atoms with Crippen molar-refractivity contribution in [3.05, 3.63) is 74.8 Å². The first-order valence-corrected chi connectivity index (χ1v) is 13.7. The van der Waals surface area contributed by atoms with E-state index in [-0.39, 0.29) is 22.7 Å². The Hall–Kier alpha value is -4.25. The number of hydrogen-bond acceptors (Lipinski definition) is 8. The summed E-state index contributed by atoms with van der Waals surface area (Å²) in [7, 11) is 1.64. The second-order valence-corrected chi connectivity index (χ2v) is 10.9. The molecule has 0 aliphatic carbocycles. The van der Waals surface area contributed by atoms with Gasteiger partial charge in [-0.15, -0.1) is 0 Å². The molecule has 0 radical (unpaired) electrons. The van der Waals surface area contributed by atoms with Crippen molar-refractivity contribution < 1.29 is 14.3 Å². The molecule has 2 amide bonds. The van der Waals surface area contributed by atoms with Crippen LogP contribution < -0.4 is 19.8 Å². The topological polar surface area (TPSA) is 121 Å². The molecule has 2 aliphatic heterocycles. The summed E-state index contributed by atoms with van der Waals surface area (Å²) in [6, 6.07) is 11.0. The van der Waals surface area contributed by atoms with E-state index in [1.807, 2.05) is 30.0 Å². The Morgan fingerprint density at radius 3 is 2.69 bits per heavy atom. The standard InChI is InChI=1S/C28H28N6O4S/c1-16-11-18(13-23-25(16)32-28(37)39-23)26(35)22-14-24(30-15-29-22)33-8-6-19(7-9-33)34-10-5-17-12-20(38-2)3-4-21(17)31-27(34)36/h3-4,11-15,19H,5-10H2,1-2H3,(H,31,36)(H,32,37). The molecule has 4 aromatic rings. The number of aromatic nitrogens is 3. The van der Waals surface area contributed by atoms with Crippen LogP contribution in [0.4, 0.5) is 16.3 Å². The lowest BCUT2D eigenvalue weighted by Gasteiger charge is -2.38. The highest BCUT2D eigenvalue weighted by Crippen LogP contribution is 2.29. The van der Waals surface area contributed by atoms with E-state index >= 15 is 0 Å². The molecule has 0 atom stereocenters. The average Bonchev–Trinajstić information content (AvgIpc) is 3.26. The summed E-state index contributed by atoms with van der Waals surface area (Å²) in [5.41, 5.74) is 4.30. The van der Waals surface area contributed by atoms with Gasteiger partial charge in [0.05, 0.1) is 17.3 Å². The highest BCUT2D eigenvalue weighted by Gasteiger charge is 2.31. The van der Waals surface area contributed by atoms with Gasteiger partial charge in [-0.2, -0.15) is 0 Å². The second-order valence-electron chi connectivity index (χ2n) is 9.89. The molecule has 0 spiro atoms. The van der Waals surface area contributed by atoms with Crippen molar-refractivity contribution in [1.29, 1.82) is 0 Å². The van der Waals surface area contributed by atoms with Gasteiger partial charge in [0.2, 0.25) is 5.78 Å². The Balaban J connectivity index is 1.14. The van der Waals surface area contributed by atoms with E-state index in [2.05, 4.69) is 25.2 Å². The van der Waals surface area contributed by atoms with Crippen LogP contribution >= 0.6 is 11.3 Å². The summed E-state index contributed by atoms with van der Waals surface area (Å²) in [4.78, 5) is 53.5. The fraction of sp³-hybridized carbons (Fsp3) is 0.321. The van der Waals surface area contributed by atoms with Gasteiger partial charge in [-0.25, -0.2) is 14.8 Å². The molecule has 0 bridgehead atoms. The fourth-order valence-electron chi connectivity index (χ4n) is 5.46. The number of anilines is 2. The Morgan fingerprint density at radius 1 is 1.08 bits per heavy atom. The van der Waals surface area contributed by atoms with Crippen LogP contribution in [0.5, 0.6) is 5.75 Å². The van der Waals surface area contributed by atoms with E-state index in [1.165, 1.54) is 6.33 Å². The first-order chi connectivity index (χ1) is 18.9. The van der Waals surface area contributed by atoms with Gasteiger partial charge in [0.15, 0.2) is 0 Å². The number of rotatable bonds is 5. The molecule has 6 rings (SSSR count). The van der Waals surface area contributed by atoms with Crippen molar-refractivity contribution in [2.45, 2.75) is 32.2 Å². The second kappa shape index (κ2) is 10.1. The van der Waals surface area contributed by atoms with Crippen molar-refractivity contribution in [2.24, 2.45) is 0 Å². The van der Waals surface area contributed by atoms with Crippen LogP contribution in [-0.4, -0.2) is 64.5 Å². The summed E-state index contributed by atoms with van der Waals surface area (Å²) < 4.78 is 6.09. The van der Waals surface area contributed by atoms with Crippen molar-refractivity contribution in [3.63, 3.8) is 0 Å². The van der Waals surface area contributed by atoms with Gasteiger partial charge in [-0.1, -0.05) is 11.3 Å². The molecule has 1 saturated heterocycles. The van der Waals surface area contributed by atoms with E-state index in [1.54, 1.807) is 25.3 Å². The zero-order chi connectivity index (χ0) is 27.1. The van der Waals surface area contributed by atoms with E-state index in [9.17, 15) is 14.4 Å². The van der Waals surface area contributed by atoms with Crippen molar-refractivity contribution in [2.75, 3.05) is 37.0 Å². The zero-order valence-corrected chi connectivity index (χ0v) is 22.5. The highest BCUT2D eigenvalue weighted by molar-refractivity contribution is 7.16. The first kappa shape index (κ1) is 25.1. The SMILES string of the molecule is COc1ccc2c(c1)CCN(C1CCN(c3cc(C(=O)c4cc(C)c5[nH]c(=O)sc5c4)ncn3)CC1)C(=O)N2. The number of amides is 2. The van der Waals surface area contributed by atoms with Crippen LogP contribution in [0, 0.1) is 6.92 Å². The number of benzene rings is 2. The van der Waals surface area contributed by atoms with Crippen LogP contribution in [0.15, 0.2) is 47.5 Å². The van der Waals surface area contributed by atoms with Gasteiger partial charge in [-0.05, 0) is 67.6 Å².